The molecule has 3 aliphatic heterocycles. The van der Waals surface area contributed by atoms with Gasteiger partial charge in [0.2, 0.25) is 53.2 Å². The number of carbonyl (C=O) groups is 10. The Morgan fingerprint density at radius 1 is 0.798 bits per heavy atom. The maximum Gasteiger partial charge on any atom is 0.343 e. The number of esters is 1. The molecule has 89 heavy (non-hydrogen) atoms. The monoisotopic (exact) mass is 1230 g/mol. The van der Waals surface area contributed by atoms with E-state index in [1.165, 1.54) is 15.5 Å². The number of rotatable bonds is 31. The summed E-state index contributed by atoms with van der Waals surface area (Å²) in [6.07, 6.45) is 2.68. The molecule has 0 saturated carbocycles. The van der Waals surface area contributed by atoms with Crippen molar-refractivity contribution in [1.82, 2.24) is 51.7 Å². The molecule has 26 heteroatoms. The normalized spacial score (nSPS) is 17.7. The minimum absolute atomic E-state index is 0.00324. The number of pyridine rings is 2. The highest BCUT2D eigenvalue weighted by atomic mass is 19.1. The molecule has 9 amide bonds. The third-order valence-electron chi connectivity index (χ3n) is 17.5. The van der Waals surface area contributed by atoms with Crippen LogP contribution < -0.4 is 42.8 Å². The first kappa shape index (κ1) is 66.5. The average molecular weight is 1240 g/mol. The van der Waals surface area contributed by atoms with Gasteiger partial charge in [0.15, 0.2) is 5.60 Å². The number of likely N-dealkylation sites (tertiary alicyclic amines) is 1. The Balaban J connectivity index is 0.716. The number of aromatic nitrogens is 2. The second-order valence-corrected chi connectivity index (χ2v) is 23.1. The van der Waals surface area contributed by atoms with Crippen molar-refractivity contribution in [2.75, 3.05) is 65.7 Å². The fourth-order valence-electron chi connectivity index (χ4n) is 11.9. The molecule has 5 heterocycles. The molecule has 0 spiro atoms. The van der Waals surface area contributed by atoms with Crippen LogP contribution in [-0.2, 0) is 93.8 Å². The number of hydrogen-bond donors (Lipinski definition) is 8. The van der Waals surface area contributed by atoms with Crippen LogP contribution in [0, 0.1) is 24.1 Å². The summed E-state index contributed by atoms with van der Waals surface area (Å²) in [6.45, 7) is 8.49. The fourth-order valence-corrected chi connectivity index (χ4v) is 11.9. The number of carbonyl (C=O) groups excluding carboxylic acids is 10. The van der Waals surface area contributed by atoms with Crippen molar-refractivity contribution in [3.8, 4) is 11.4 Å². The van der Waals surface area contributed by atoms with Crippen molar-refractivity contribution in [3.05, 3.63) is 97.6 Å². The van der Waals surface area contributed by atoms with Crippen LogP contribution in [0.15, 0.2) is 47.3 Å². The molecular formula is C63H79FN10O15. The number of imide groups is 1. The lowest BCUT2D eigenvalue weighted by Crippen LogP contribution is -2.52. The highest BCUT2D eigenvalue weighted by Crippen LogP contribution is 2.46. The van der Waals surface area contributed by atoms with Crippen LogP contribution in [0.25, 0.3) is 22.3 Å². The topological polar surface area (TPSA) is 341 Å². The van der Waals surface area contributed by atoms with E-state index < -0.39 is 84.2 Å². The van der Waals surface area contributed by atoms with Crippen LogP contribution in [0.4, 0.5) is 4.39 Å². The van der Waals surface area contributed by atoms with Crippen LogP contribution in [0.5, 0.6) is 0 Å². The number of aryl methyl sites for hydroxylation is 1. The van der Waals surface area contributed by atoms with E-state index in [4.69, 9.17) is 19.2 Å². The van der Waals surface area contributed by atoms with Gasteiger partial charge in [0.1, 0.15) is 18.5 Å². The predicted molar refractivity (Wildman–Crippen MR) is 319 cm³/mol. The van der Waals surface area contributed by atoms with Gasteiger partial charge in [0.05, 0.1) is 87.0 Å². The van der Waals surface area contributed by atoms with E-state index in [-0.39, 0.29) is 150 Å². The lowest BCUT2D eigenvalue weighted by Gasteiger charge is -2.31. The van der Waals surface area contributed by atoms with Crippen molar-refractivity contribution >= 4 is 70.0 Å². The Morgan fingerprint density at radius 3 is 2.20 bits per heavy atom. The Morgan fingerprint density at radius 2 is 1.47 bits per heavy atom. The number of halogens is 1. The van der Waals surface area contributed by atoms with Gasteiger partial charge in [-0.05, 0) is 79.2 Å². The number of amides is 9. The van der Waals surface area contributed by atoms with E-state index in [9.17, 15) is 57.8 Å². The van der Waals surface area contributed by atoms with Crippen LogP contribution in [-0.4, -0.2) is 150 Å². The van der Waals surface area contributed by atoms with Gasteiger partial charge in [-0.25, -0.2) is 14.2 Å². The third kappa shape index (κ3) is 15.5. The van der Waals surface area contributed by atoms with Gasteiger partial charge in [0.25, 0.3) is 5.56 Å². The molecule has 4 aliphatic rings. The molecule has 1 fully saturated rings. The van der Waals surface area contributed by atoms with Crippen molar-refractivity contribution in [1.29, 1.82) is 0 Å². The fraction of sp³-hybridized carbons (Fsp3) is 0.524. The van der Waals surface area contributed by atoms with Crippen LogP contribution in [0.3, 0.4) is 0 Å². The summed E-state index contributed by atoms with van der Waals surface area (Å²) in [7, 11) is 0. The first-order valence-corrected chi connectivity index (χ1v) is 30.4. The van der Waals surface area contributed by atoms with E-state index in [0.717, 1.165) is 18.4 Å². The Labute approximate surface area is 513 Å². The largest absolute Gasteiger partial charge is 0.458 e. The van der Waals surface area contributed by atoms with Gasteiger partial charge in [0, 0.05) is 74.3 Å². The zero-order valence-corrected chi connectivity index (χ0v) is 50.9. The smallest absolute Gasteiger partial charge is 0.343 e. The molecule has 4 aromatic rings. The molecule has 1 unspecified atom stereocenters. The van der Waals surface area contributed by atoms with Gasteiger partial charge in [-0.2, -0.15) is 0 Å². The number of nitrogens with one attached hydrogen (secondary N) is 7. The molecule has 2 aromatic heterocycles. The third-order valence-corrected chi connectivity index (χ3v) is 17.5. The van der Waals surface area contributed by atoms with Gasteiger partial charge in [-0.1, -0.05) is 58.0 Å². The van der Waals surface area contributed by atoms with Crippen LogP contribution >= 0.6 is 0 Å². The number of ether oxygens (including phenoxy) is 3. The first-order chi connectivity index (χ1) is 42.6. The zero-order valence-electron chi connectivity index (χ0n) is 50.9. The number of aliphatic hydroxyl groups is 1. The van der Waals surface area contributed by atoms with E-state index in [1.54, 1.807) is 50.2 Å². The van der Waals surface area contributed by atoms with Crippen molar-refractivity contribution in [3.63, 3.8) is 0 Å². The van der Waals surface area contributed by atoms with Crippen molar-refractivity contribution in [2.24, 2.45) is 11.3 Å². The van der Waals surface area contributed by atoms with Gasteiger partial charge < -0.3 is 61.1 Å². The van der Waals surface area contributed by atoms with E-state index in [0.29, 0.717) is 57.4 Å². The Kier molecular flexibility index (Phi) is 22.2. The van der Waals surface area contributed by atoms with Gasteiger partial charge in [-0.15, -0.1) is 0 Å². The number of cyclic esters (lactones) is 1. The SMILES string of the molecule is CCC(C)(CC)C1CC(=O)N(CCC(=O)NCCOCCOCCC(=O)NCC(=O)NCC(=O)N[C@@H](Cc2ccccc2)C(=O)NCC(=O)NCCCC(=O)N[C@H]2CCc3c(C)c(F)cc4nc5c(c2c34)Cn2c-5cc3c(c2=O)COC(=O)[C@]3(O)CC)C1=O. The number of fused-ring (bicyclic) bond motifs is 5. The molecule has 4 atom stereocenters. The number of benzene rings is 2. The summed E-state index contributed by atoms with van der Waals surface area (Å²) in [4.78, 5) is 149. The average Bonchev–Trinajstić information content (AvgIpc) is 1.63. The summed E-state index contributed by atoms with van der Waals surface area (Å²) in [5.74, 6) is -5.95. The molecule has 0 bridgehead atoms. The standard InChI is InChI=1S/C63H79FN10O15/c1-6-62(5,7-2)42-29-54(81)73(60(42)84)22-18-48(75)66-21-24-88-26-25-87-23-19-49(76)67-31-52(79)68-33-53(80)71-46(27-37-13-10-9-11-14-37)58(82)69-32-51(78)65-20-12-15-50(77)70-44-17-16-38-36(4)43(64)30-45-55(38)56(44)39-34-74-47(57(39)72-45)28-41-40(59(74)83)35-89-61(85)63(41,86)8-3/h9-11,13-14,28,30,42,44,46,86H,6-8,12,15-27,29,31-35H2,1-5H3,(H,65,78)(H,66,75)(H,67,76)(H,68,79)(H,69,82)(H,70,77)(H,71,80)/t42?,44-,46-,63-/m0/s1. The molecule has 2 aromatic carbocycles. The zero-order chi connectivity index (χ0) is 64.2. The predicted octanol–water partition coefficient (Wildman–Crippen LogP) is 1.73. The Bertz CT molecular complexity index is 3460. The second kappa shape index (κ2) is 29.7. The summed E-state index contributed by atoms with van der Waals surface area (Å²) in [5, 5.41) is 30.6. The number of hydrogen-bond acceptors (Lipinski definition) is 16. The minimum Gasteiger partial charge on any atom is -0.458 e. The quantitative estimate of drug-likeness (QED) is 0.0178. The van der Waals surface area contributed by atoms with Gasteiger partial charge >= 0.3 is 5.97 Å². The highest BCUT2D eigenvalue weighted by molar-refractivity contribution is 6.04. The lowest BCUT2D eigenvalue weighted by molar-refractivity contribution is -0.172. The van der Waals surface area contributed by atoms with Crippen LogP contribution in [0.1, 0.15) is 130 Å². The maximum absolute atomic E-state index is 15.4. The molecule has 25 nitrogen and oxygen atoms in total. The van der Waals surface area contributed by atoms with E-state index >= 15 is 4.39 Å². The summed E-state index contributed by atoms with van der Waals surface area (Å²) >= 11 is 0. The summed E-state index contributed by atoms with van der Waals surface area (Å²) < 4.78 is 33.0. The Hall–Kier alpha value is -8.49. The molecular weight excluding hydrogens is 1160 g/mol. The molecule has 8 N–H and O–H groups in total. The molecule has 478 valence electrons. The molecule has 1 aliphatic carbocycles. The van der Waals surface area contributed by atoms with Gasteiger partial charge in [-0.3, -0.25) is 52.8 Å². The molecule has 8 rings (SSSR count). The van der Waals surface area contributed by atoms with Crippen molar-refractivity contribution < 1.29 is 71.7 Å². The maximum atomic E-state index is 15.4. The number of nitrogens with zero attached hydrogens (tertiary/aromatic N) is 3. The van der Waals surface area contributed by atoms with E-state index in [1.807, 2.05) is 20.8 Å². The van der Waals surface area contributed by atoms with Crippen LogP contribution in [0.2, 0.25) is 0 Å². The lowest BCUT2D eigenvalue weighted by atomic mass is 9.72. The summed E-state index contributed by atoms with van der Waals surface area (Å²) in [6, 6.07) is 10.00. The molecule has 0 radical (unpaired) electrons. The highest BCUT2D eigenvalue weighted by Gasteiger charge is 2.48. The summed E-state index contributed by atoms with van der Waals surface area (Å²) in [5.41, 5.74) is 1.82. The second-order valence-electron chi connectivity index (χ2n) is 23.1. The first-order valence-electron chi connectivity index (χ1n) is 30.4. The van der Waals surface area contributed by atoms with Crippen molar-refractivity contribution in [2.45, 2.75) is 136 Å². The molecule has 1 saturated heterocycles. The minimum atomic E-state index is -2.05. The van der Waals surface area contributed by atoms with E-state index in [2.05, 4.69) is 37.2 Å².